The van der Waals surface area contributed by atoms with Crippen molar-refractivity contribution >= 4 is 46.1 Å². The number of amides is 1. The molecule has 0 spiro atoms. The molecular formula is C24H16N4O4S. The Hall–Kier alpha value is -4.24. The number of nitro benzene ring substituents is 1. The number of furan rings is 1. The third-order valence-corrected chi connectivity index (χ3v) is 6.11. The molecule has 0 saturated heterocycles. The first-order valence-corrected chi connectivity index (χ1v) is 10.8. The van der Waals surface area contributed by atoms with Crippen molar-refractivity contribution in [2.45, 2.75) is 6.92 Å². The van der Waals surface area contributed by atoms with Gasteiger partial charge in [0.2, 0.25) is 0 Å². The van der Waals surface area contributed by atoms with Crippen LogP contribution in [-0.2, 0) is 4.79 Å². The molecule has 0 unspecified atom stereocenters. The smallest absolute Gasteiger partial charge is 0.283 e. The van der Waals surface area contributed by atoms with Crippen LogP contribution in [0.2, 0.25) is 0 Å². The average molecular weight is 456 g/mol. The molecule has 3 heterocycles. The average Bonchev–Trinajstić information content (AvgIpc) is 3.44. The normalized spacial score (nSPS) is 16.6. The van der Waals surface area contributed by atoms with E-state index >= 15 is 0 Å². The van der Waals surface area contributed by atoms with Crippen molar-refractivity contribution in [2.24, 2.45) is 4.99 Å². The van der Waals surface area contributed by atoms with Gasteiger partial charge in [0.15, 0.2) is 5.17 Å². The van der Waals surface area contributed by atoms with Crippen LogP contribution in [0.15, 0.2) is 81.1 Å². The first-order chi connectivity index (χ1) is 15.9. The maximum absolute atomic E-state index is 12.7. The van der Waals surface area contributed by atoms with Gasteiger partial charge in [-0.2, -0.15) is 4.99 Å². The van der Waals surface area contributed by atoms with Crippen LogP contribution < -0.4 is 0 Å². The molecule has 0 fully saturated rings. The van der Waals surface area contributed by atoms with Crippen molar-refractivity contribution in [1.82, 2.24) is 4.90 Å². The van der Waals surface area contributed by atoms with Crippen molar-refractivity contribution in [3.8, 4) is 11.3 Å². The van der Waals surface area contributed by atoms with Gasteiger partial charge in [-0.1, -0.05) is 42.1 Å². The van der Waals surface area contributed by atoms with Crippen LogP contribution in [0.3, 0.4) is 0 Å². The number of nitro groups is 1. The standard InChI is InChI=1S/C24H16N4O4S/c1-14-11-16(28(30)31)7-9-18(14)21-10-8-17(32-21)12-19-22(25)27-20(15-5-3-2-4-6-15)13-33-24(27)26-23(19)29/h2-13,25H,1H3/b19-12-,25-22?. The Morgan fingerprint density at radius 3 is 2.67 bits per heavy atom. The molecular weight excluding hydrogens is 440 g/mol. The third-order valence-electron chi connectivity index (χ3n) is 5.28. The van der Waals surface area contributed by atoms with Gasteiger partial charge in [0.1, 0.15) is 17.4 Å². The van der Waals surface area contributed by atoms with Gasteiger partial charge >= 0.3 is 0 Å². The molecule has 8 nitrogen and oxygen atoms in total. The summed E-state index contributed by atoms with van der Waals surface area (Å²) in [5.74, 6) is 0.405. The molecule has 9 heteroatoms. The molecule has 0 saturated carbocycles. The van der Waals surface area contributed by atoms with Gasteiger partial charge in [0.05, 0.1) is 16.2 Å². The maximum Gasteiger partial charge on any atom is 0.283 e. The first-order valence-electron chi connectivity index (χ1n) is 9.93. The molecule has 2 aliphatic rings. The van der Waals surface area contributed by atoms with Crippen LogP contribution in [0.1, 0.15) is 16.9 Å². The number of nitrogens with zero attached hydrogens (tertiary/aromatic N) is 3. The van der Waals surface area contributed by atoms with Crippen LogP contribution >= 0.6 is 11.8 Å². The number of carbonyl (C=O) groups excluding carboxylic acids is 1. The van der Waals surface area contributed by atoms with Crippen LogP contribution in [0, 0.1) is 22.4 Å². The number of thioether (sulfide) groups is 1. The predicted octanol–water partition coefficient (Wildman–Crippen LogP) is 5.47. The summed E-state index contributed by atoms with van der Waals surface area (Å²) in [6.07, 6.45) is 1.50. The van der Waals surface area contributed by atoms with E-state index < -0.39 is 10.8 Å². The fourth-order valence-electron chi connectivity index (χ4n) is 3.67. The molecule has 0 aliphatic carbocycles. The van der Waals surface area contributed by atoms with E-state index in [1.54, 1.807) is 30.0 Å². The van der Waals surface area contributed by atoms with E-state index in [1.807, 2.05) is 35.7 Å². The highest BCUT2D eigenvalue weighted by Gasteiger charge is 2.36. The topological polar surface area (TPSA) is 113 Å². The molecule has 162 valence electrons. The largest absolute Gasteiger partial charge is 0.457 e. The van der Waals surface area contributed by atoms with E-state index in [0.29, 0.717) is 27.8 Å². The lowest BCUT2D eigenvalue weighted by molar-refractivity contribution is -0.384. The van der Waals surface area contributed by atoms with E-state index in [-0.39, 0.29) is 17.1 Å². The number of hydrogen-bond donors (Lipinski definition) is 1. The third kappa shape index (κ3) is 3.68. The Morgan fingerprint density at radius 1 is 1.15 bits per heavy atom. The molecule has 2 aliphatic heterocycles. The van der Waals surface area contributed by atoms with Crippen LogP contribution in [0.25, 0.3) is 23.1 Å². The van der Waals surface area contributed by atoms with E-state index in [2.05, 4.69) is 4.99 Å². The van der Waals surface area contributed by atoms with Crippen LogP contribution in [0.5, 0.6) is 0 Å². The zero-order valence-electron chi connectivity index (χ0n) is 17.3. The summed E-state index contributed by atoms with van der Waals surface area (Å²) in [6.45, 7) is 1.77. The maximum atomic E-state index is 12.7. The monoisotopic (exact) mass is 456 g/mol. The highest BCUT2D eigenvalue weighted by atomic mass is 32.2. The fourth-order valence-corrected chi connectivity index (χ4v) is 4.56. The zero-order chi connectivity index (χ0) is 23.1. The van der Waals surface area contributed by atoms with Gasteiger partial charge in [0, 0.05) is 23.1 Å². The first kappa shape index (κ1) is 20.7. The van der Waals surface area contributed by atoms with Gasteiger partial charge < -0.3 is 4.42 Å². The molecule has 2 aromatic carbocycles. The minimum absolute atomic E-state index is 0.00539. The second kappa shape index (κ2) is 8.03. The van der Waals surface area contributed by atoms with Crippen molar-refractivity contribution in [3.63, 3.8) is 0 Å². The van der Waals surface area contributed by atoms with Crippen LogP contribution in [0.4, 0.5) is 5.69 Å². The van der Waals surface area contributed by atoms with E-state index in [0.717, 1.165) is 11.3 Å². The summed E-state index contributed by atoms with van der Waals surface area (Å²) < 4.78 is 5.89. The Kier molecular flexibility index (Phi) is 5.02. The molecule has 1 N–H and O–H groups in total. The number of aliphatic imine (C=N–C) groups is 1. The summed E-state index contributed by atoms with van der Waals surface area (Å²) in [7, 11) is 0. The predicted molar refractivity (Wildman–Crippen MR) is 128 cm³/mol. The van der Waals surface area contributed by atoms with Gasteiger partial charge in [0.25, 0.3) is 11.6 Å². The zero-order valence-corrected chi connectivity index (χ0v) is 18.1. The molecule has 0 radical (unpaired) electrons. The summed E-state index contributed by atoms with van der Waals surface area (Å²) in [6, 6.07) is 17.6. The minimum Gasteiger partial charge on any atom is -0.457 e. The van der Waals surface area contributed by atoms with Crippen molar-refractivity contribution in [2.75, 3.05) is 0 Å². The Labute approximate surface area is 192 Å². The number of rotatable bonds is 4. The van der Waals surface area contributed by atoms with E-state index in [1.165, 1.54) is 30.0 Å². The Bertz CT molecular complexity index is 1420. The van der Waals surface area contributed by atoms with Crippen molar-refractivity contribution in [3.05, 3.63) is 98.6 Å². The Balaban J connectivity index is 1.47. The van der Waals surface area contributed by atoms with Crippen LogP contribution in [-0.4, -0.2) is 26.7 Å². The molecule has 33 heavy (non-hydrogen) atoms. The van der Waals surface area contributed by atoms with E-state index in [4.69, 9.17) is 9.83 Å². The summed E-state index contributed by atoms with van der Waals surface area (Å²) >= 11 is 1.30. The molecule has 0 bridgehead atoms. The SMILES string of the molecule is Cc1cc([N+](=O)[O-])ccc1-c1ccc(/C=C2/C(=N)N3C(c4ccccc4)=CSC3=NC2=O)o1. The highest BCUT2D eigenvalue weighted by molar-refractivity contribution is 8.17. The quantitative estimate of drug-likeness (QED) is 0.317. The van der Waals surface area contributed by atoms with Gasteiger partial charge in [-0.25, -0.2) is 0 Å². The van der Waals surface area contributed by atoms with Gasteiger partial charge in [-0.3, -0.25) is 25.2 Å². The lowest BCUT2D eigenvalue weighted by Crippen LogP contribution is -2.37. The number of carbonyl (C=O) groups is 1. The lowest BCUT2D eigenvalue weighted by atomic mass is 10.1. The molecule has 1 amide bonds. The van der Waals surface area contributed by atoms with Crippen molar-refractivity contribution in [1.29, 1.82) is 5.41 Å². The minimum atomic E-state index is -0.508. The lowest BCUT2D eigenvalue weighted by Gasteiger charge is -2.26. The number of hydrogen-bond acceptors (Lipinski definition) is 6. The van der Waals surface area contributed by atoms with E-state index in [9.17, 15) is 14.9 Å². The second-order valence-corrected chi connectivity index (χ2v) is 8.22. The fraction of sp³-hybridized carbons (Fsp3) is 0.0417. The second-order valence-electron chi connectivity index (χ2n) is 7.39. The number of non-ortho nitro benzene ring substituents is 1. The summed E-state index contributed by atoms with van der Waals surface area (Å²) in [4.78, 5) is 29.0. The molecule has 5 rings (SSSR count). The van der Waals surface area contributed by atoms with Gasteiger partial charge in [-0.05, 0) is 42.3 Å². The Morgan fingerprint density at radius 2 is 1.94 bits per heavy atom. The molecule has 3 aromatic rings. The summed E-state index contributed by atoms with van der Waals surface area (Å²) in [5.41, 5.74) is 3.23. The number of amidine groups is 2. The molecule has 1 aromatic heterocycles. The van der Waals surface area contributed by atoms with Gasteiger partial charge in [-0.15, -0.1) is 0 Å². The van der Waals surface area contributed by atoms with Crippen molar-refractivity contribution < 1.29 is 14.1 Å². The number of benzene rings is 2. The molecule has 0 atom stereocenters. The highest BCUT2D eigenvalue weighted by Crippen LogP contribution is 2.37. The number of fused-ring (bicyclic) bond motifs is 1. The number of nitrogens with one attached hydrogen (secondary N) is 1. The number of aryl methyl sites for hydroxylation is 1. The summed E-state index contributed by atoms with van der Waals surface area (Å²) in [5, 5.41) is 22.0.